The van der Waals surface area contributed by atoms with Crippen LogP contribution in [0, 0.1) is 0 Å². The summed E-state index contributed by atoms with van der Waals surface area (Å²) in [6.45, 7) is 5.94. The van der Waals surface area contributed by atoms with Crippen LogP contribution in [0.3, 0.4) is 0 Å². The molecule has 0 saturated carbocycles. The Hall–Kier alpha value is -0.460. The van der Waals surface area contributed by atoms with Gasteiger partial charge in [0.15, 0.2) is 0 Å². The van der Waals surface area contributed by atoms with Crippen LogP contribution in [0.4, 0.5) is 0 Å². The maximum atomic E-state index is 3.76. The van der Waals surface area contributed by atoms with Crippen LogP contribution < -0.4 is 5.32 Å². The number of hydrogen-bond donors (Lipinski definition) is 1. The Morgan fingerprint density at radius 1 is 1.86 bits per heavy atom. The standard InChI is InChI=1S/C6H11N/c1-3-4-6-5(2)7-6/h6-7H,2-4H2,1H3. The van der Waals surface area contributed by atoms with Gasteiger partial charge in [0.2, 0.25) is 0 Å². The summed E-state index contributed by atoms with van der Waals surface area (Å²) >= 11 is 0. The summed E-state index contributed by atoms with van der Waals surface area (Å²) in [6.07, 6.45) is 2.52. The molecule has 7 heavy (non-hydrogen) atoms. The van der Waals surface area contributed by atoms with Gasteiger partial charge in [-0.3, -0.25) is 0 Å². The fourth-order valence-corrected chi connectivity index (χ4v) is 0.717. The molecule has 0 aliphatic carbocycles. The number of rotatable bonds is 2. The van der Waals surface area contributed by atoms with Crippen molar-refractivity contribution in [3.05, 3.63) is 12.3 Å². The van der Waals surface area contributed by atoms with E-state index in [1.165, 1.54) is 18.5 Å². The molecule has 0 aromatic carbocycles. The fourth-order valence-electron chi connectivity index (χ4n) is 0.717. The monoisotopic (exact) mass is 97.1 g/mol. The van der Waals surface area contributed by atoms with Gasteiger partial charge in [-0.2, -0.15) is 0 Å². The maximum Gasteiger partial charge on any atom is 0.0651 e. The molecule has 1 unspecified atom stereocenters. The third kappa shape index (κ3) is 0.952. The molecule has 1 saturated heterocycles. The highest BCUT2D eigenvalue weighted by Crippen LogP contribution is 2.17. The second kappa shape index (κ2) is 1.57. The fraction of sp³-hybridized carbons (Fsp3) is 0.667. The van der Waals surface area contributed by atoms with Gasteiger partial charge in [0.05, 0.1) is 6.04 Å². The molecule has 1 nitrogen and oxygen atoms in total. The molecule has 0 aromatic heterocycles. The van der Waals surface area contributed by atoms with E-state index in [9.17, 15) is 0 Å². The Morgan fingerprint density at radius 2 is 2.43 bits per heavy atom. The van der Waals surface area contributed by atoms with Gasteiger partial charge in [0.25, 0.3) is 0 Å². The van der Waals surface area contributed by atoms with Gasteiger partial charge in [-0.25, -0.2) is 0 Å². The van der Waals surface area contributed by atoms with Gasteiger partial charge in [-0.1, -0.05) is 19.9 Å². The summed E-state index contributed by atoms with van der Waals surface area (Å²) < 4.78 is 0. The van der Waals surface area contributed by atoms with E-state index in [1.54, 1.807) is 0 Å². The van der Waals surface area contributed by atoms with Crippen molar-refractivity contribution in [3.63, 3.8) is 0 Å². The van der Waals surface area contributed by atoms with Crippen molar-refractivity contribution in [1.82, 2.24) is 5.32 Å². The minimum Gasteiger partial charge on any atom is -0.379 e. The summed E-state index contributed by atoms with van der Waals surface area (Å²) in [7, 11) is 0. The quantitative estimate of drug-likeness (QED) is 0.515. The molecule has 1 N–H and O–H groups in total. The van der Waals surface area contributed by atoms with Crippen molar-refractivity contribution >= 4 is 0 Å². The average Bonchev–Trinajstić information content (AvgIpc) is 2.22. The number of hydrogen-bond acceptors (Lipinski definition) is 1. The van der Waals surface area contributed by atoms with Gasteiger partial charge >= 0.3 is 0 Å². The van der Waals surface area contributed by atoms with E-state index in [1.807, 2.05) is 0 Å². The van der Waals surface area contributed by atoms with Crippen LogP contribution in [0.5, 0.6) is 0 Å². The molecular formula is C6H11N. The second-order valence-corrected chi connectivity index (χ2v) is 2.01. The van der Waals surface area contributed by atoms with Crippen molar-refractivity contribution in [2.45, 2.75) is 25.8 Å². The lowest BCUT2D eigenvalue weighted by molar-refractivity contribution is 0.783. The first-order valence-electron chi connectivity index (χ1n) is 2.80. The summed E-state index contributed by atoms with van der Waals surface area (Å²) in [5.41, 5.74) is 1.22. The van der Waals surface area contributed by atoms with Crippen LogP contribution in [0.25, 0.3) is 0 Å². The normalized spacial score (nSPS) is 27.0. The molecule has 0 radical (unpaired) electrons. The first kappa shape index (κ1) is 4.69. The molecule has 1 heteroatoms. The van der Waals surface area contributed by atoms with Gasteiger partial charge in [0.1, 0.15) is 0 Å². The minimum absolute atomic E-state index is 0.671. The van der Waals surface area contributed by atoms with Gasteiger partial charge < -0.3 is 5.32 Å². The Morgan fingerprint density at radius 3 is 2.57 bits per heavy atom. The molecule has 1 fully saturated rings. The van der Waals surface area contributed by atoms with Crippen LogP contribution in [0.1, 0.15) is 19.8 Å². The summed E-state index contributed by atoms with van der Waals surface area (Å²) in [5, 5.41) is 3.14. The topological polar surface area (TPSA) is 21.9 Å². The zero-order valence-electron chi connectivity index (χ0n) is 4.70. The van der Waals surface area contributed by atoms with E-state index < -0.39 is 0 Å². The molecule has 1 atom stereocenters. The molecule has 1 rings (SSSR count). The predicted octanol–water partition coefficient (Wildman–Crippen LogP) is 1.27. The predicted molar refractivity (Wildman–Crippen MR) is 31.0 cm³/mol. The second-order valence-electron chi connectivity index (χ2n) is 2.01. The van der Waals surface area contributed by atoms with Crippen molar-refractivity contribution in [2.75, 3.05) is 0 Å². The van der Waals surface area contributed by atoms with E-state index in [2.05, 4.69) is 18.8 Å². The van der Waals surface area contributed by atoms with Gasteiger partial charge in [-0.05, 0) is 6.42 Å². The minimum atomic E-state index is 0.671. The zero-order chi connectivity index (χ0) is 5.28. The highest BCUT2D eigenvalue weighted by molar-refractivity contribution is 5.19. The molecule has 1 aliphatic heterocycles. The smallest absolute Gasteiger partial charge is 0.0651 e. The van der Waals surface area contributed by atoms with Crippen molar-refractivity contribution in [1.29, 1.82) is 0 Å². The van der Waals surface area contributed by atoms with E-state index >= 15 is 0 Å². The maximum absolute atomic E-state index is 3.76. The Kier molecular flexibility index (Phi) is 1.05. The summed E-state index contributed by atoms with van der Waals surface area (Å²) in [5.74, 6) is 0. The number of nitrogens with one attached hydrogen (secondary N) is 1. The largest absolute Gasteiger partial charge is 0.379 e. The zero-order valence-corrected chi connectivity index (χ0v) is 4.70. The Balaban J connectivity index is 2.09. The van der Waals surface area contributed by atoms with E-state index in [0.717, 1.165) is 0 Å². The van der Waals surface area contributed by atoms with Crippen LogP contribution in [-0.2, 0) is 0 Å². The van der Waals surface area contributed by atoms with Crippen molar-refractivity contribution in [3.8, 4) is 0 Å². The van der Waals surface area contributed by atoms with Crippen LogP contribution >= 0.6 is 0 Å². The third-order valence-electron chi connectivity index (χ3n) is 1.27. The van der Waals surface area contributed by atoms with E-state index in [0.29, 0.717) is 6.04 Å². The molecule has 0 bridgehead atoms. The molecule has 1 heterocycles. The first-order chi connectivity index (χ1) is 3.34. The van der Waals surface area contributed by atoms with E-state index in [-0.39, 0.29) is 0 Å². The van der Waals surface area contributed by atoms with Crippen molar-refractivity contribution < 1.29 is 0 Å². The lowest BCUT2D eigenvalue weighted by Gasteiger charge is -1.81. The van der Waals surface area contributed by atoms with Gasteiger partial charge in [-0.15, -0.1) is 0 Å². The van der Waals surface area contributed by atoms with Crippen LogP contribution in [0.15, 0.2) is 12.3 Å². The lowest BCUT2D eigenvalue weighted by atomic mass is 10.2. The molecule has 40 valence electrons. The molecule has 0 amide bonds. The Bertz CT molecular complexity index is 86.2. The highest BCUT2D eigenvalue weighted by atomic mass is 15.1. The molecule has 0 aromatic rings. The highest BCUT2D eigenvalue weighted by Gasteiger charge is 2.23. The van der Waals surface area contributed by atoms with Crippen molar-refractivity contribution in [2.24, 2.45) is 0 Å². The molecule has 0 spiro atoms. The van der Waals surface area contributed by atoms with Gasteiger partial charge in [0, 0.05) is 5.70 Å². The molecular weight excluding hydrogens is 86.1 g/mol. The van der Waals surface area contributed by atoms with E-state index in [4.69, 9.17) is 0 Å². The first-order valence-corrected chi connectivity index (χ1v) is 2.80. The average molecular weight is 97.2 g/mol. The van der Waals surface area contributed by atoms with Crippen LogP contribution in [-0.4, -0.2) is 6.04 Å². The lowest BCUT2D eigenvalue weighted by Crippen LogP contribution is -1.85. The van der Waals surface area contributed by atoms with Crippen LogP contribution in [0.2, 0.25) is 0 Å². The summed E-state index contributed by atoms with van der Waals surface area (Å²) in [6, 6.07) is 0.671. The Labute approximate surface area is 44.4 Å². The molecule has 1 aliphatic rings. The summed E-state index contributed by atoms with van der Waals surface area (Å²) in [4.78, 5) is 0. The SMILES string of the molecule is C=C1NC1CCC. The third-order valence-corrected chi connectivity index (χ3v) is 1.27.